The Hall–Kier alpha value is -4.20. The minimum atomic E-state index is -0.0439. The predicted octanol–water partition coefficient (Wildman–Crippen LogP) is 4.91. The van der Waals surface area contributed by atoms with E-state index in [0.717, 1.165) is 54.9 Å². The van der Waals surface area contributed by atoms with Crippen molar-refractivity contribution in [3.8, 4) is 11.1 Å². The van der Waals surface area contributed by atoms with Gasteiger partial charge in [-0.2, -0.15) is 4.98 Å². The number of benzene rings is 2. The molecule has 0 spiro atoms. The van der Waals surface area contributed by atoms with E-state index in [-0.39, 0.29) is 11.8 Å². The van der Waals surface area contributed by atoms with Crippen molar-refractivity contribution in [2.75, 3.05) is 25.0 Å². The van der Waals surface area contributed by atoms with Crippen LogP contribution in [0.3, 0.4) is 0 Å². The van der Waals surface area contributed by atoms with Crippen molar-refractivity contribution in [2.24, 2.45) is 5.92 Å². The van der Waals surface area contributed by atoms with Crippen LogP contribution in [0.25, 0.3) is 16.8 Å². The van der Waals surface area contributed by atoms with E-state index in [1.54, 1.807) is 16.6 Å². The Kier molecular flexibility index (Phi) is 6.30. The Bertz CT molecular complexity index is 1420. The van der Waals surface area contributed by atoms with E-state index in [1.807, 2.05) is 59.6 Å². The van der Waals surface area contributed by atoms with E-state index >= 15 is 0 Å². The molecule has 188 valence electrons. The molecule has 2 aromatic carbocycles. The van der Waals surface area contributed by atoms with Crippen LogP contribution in [-0.2, 0) is 0 Å². The summed E-state index contributed by atoms with van der Waals surface area (Å²) in [5, 5.41) is 10.8. The highest BCUT2D eigenvalue weighted by molar-refractivity contribution is 5.95. The highest BCUT2D eigenvalue weighted by Crippen LogP contribution is 2.28. The molecule has 4 aromatic rings. The SMILES string of the molecule is O=C(NCC1CC1)c1ccc(Nc2nc3c(-c4ccc(C(=O)N5CCCCC5)cc4)cccn3n2)cc1. The van der Waals surface area contributed by atoms with Crippen LogP contribution in [-0.4, -0.2) is 50.9 Å². The van der Waals surface area contributed by atoms with Gasteiger partial charge in [-0.25, -0.2) is 4.52 Å². The van der Waals surface area contributed by atoms with Crippen molar-refractivity contribution in [1.29, 1.82) is 0 Å². The number of hydrogen-bond acceptors (Lipinski definition) is 5. The zero-order chi connectivity index (χ0) is 25.2. The summed E-state index contributed by atoms with van der Waals surface area (Å²) in [5.41, 5.74) is 4.78. The molecule has 2 aromatic heterocycles. The molecule has 8 heteroatoms. The molecule has 8 nitrogen and oxygen atoms in total. The van der Waals surface area contributed by atoms with E-state index in [9.17, 15) is 9.59 Å². The number of anilines is 2. The summed E-state index contributed by atoms with van der Waals surface area (Å²) in [6.07, 6.45) is 7.63. The molecule has 3 heterocycles. The number of nitrogens with zero attached hydrogens (tertiary/aromatic N) is 4. The van der Waals surface area contributed by atoms with Crippen molar-refractivity contribution in [3.63, 3.8) is 0 Å². The zero-order valence-corrected chi connectivity index (χ0v) is 20.7. The van der Waals surface area contributed by atoms with Gasteiger partial charge >= 0.3 is 0 Å². The third kappa shape index (κ3) is 5.18. The molecule has 1 aliphatic heterocycles. The second kappa shape index (κ2) is 10.0. The normalized spacial score (nSPS) is 15.5. The molecule has 1 aliphatic carbocycles. The van der Waals surface area contributed by atoms with Gasteiger partial charge in [0.15, 0.2) is 5.65 Å². The van der Waals surface area contributed by atoms with Gasteiger partial charge in [0, 0.05) is 48.2 Å². The number of carbonyl (C=O) groups is 2. The maximum atomic E-state index is 12.8. The number of aromatic nitrogens is 3. The van der Waals surface area contributed by atoms with Gasteiger partial charge in [-0.15, -0.1) is 5.10 Å². The fourth-order valence-corrected chi connectivity index (χ4v) is 4.75. The van der Waals surface area contributed by atoms with Crippen LogP contribution in [0, 0.1) is 5.92 Å². The van der Waals surface area contributed by atoms with E-state index < -0.39 is 0 Å². The minimum Gasteiger partial charge on any atom is -0.352 e. The molecule has 37 heavy (non-hydrogen) atoms. The molecule has 0 radical (unpaired) electrons. The summed E-state index contributed by atoms with van der Waals surface area (Å²) in [7, 11) is 0. The van der Waals surface area contributed by atoms with Crippen LogP contribution >= 0.6 is 0 Å². The van der Waals surface area contributed by atoms with Crippen molar-refractivity contribution in [2.45, 2.75) is 32.1 Å². The summed E-state index contributed by atoms with van der Waals surface area (Å²) in [4.78, 5) is 31.8. The van der Waals surface area contributed by atoms with Crippen molar-refractivity contribution in [1.82, 2.24) is 24.8 Å². The monoisotopic (exact) mass is 494 g/mol. The summed E-state index contributed by atoms with van der Waals surface area (Å²) in [6, 6.07) is 19.0. The van der Waals surface area contributed by atoms with Crippen LogP contribution in [0.2, 0.25) is 0 Å². The topological polar surface area (TPSA) is 91.6 Å². The summed E-state index contributed by atoms with van der Waals surface area (Å²) >= 11 is 0. The maximum Gasteiger partial charge on any atom is 0.253 e. The molecule has 1 saturated carbocycles. The average Bonchev–Trinajstić information content (AvgIpc) is 3.69. The number of likely N-dealkylation sites (tertiary alicyclic amines) is 1. The van der Waals surface area contributed by atoms with Gasteiger partial charge < -0.3 is 15.5 Å². The van der Waals surface area contributed by atoms with Gasteiger partial charge in [-0.3, -0.25) is 9.59 Å². The Balaban J connectivity index is 1.17. The predicted molar refractivity (Wildman–Crippen MR) is 143 cm³/mol. The molecular formula is C29H30N6O2. The summed E-state index contributed by atoms with van der Waals surface area (Å²) < 4.78 is 1.74. The van der Waals surface area contributed by atoms with Crippen LogP contribution in [0.15, 0.2) is 66.9 Å². The first-order valence-corrected chi connectivity index (χ1v) is 13.0. The third-order valence-corrected chi connectivity index (χ3v) is 7.10. The fraction of sp³-hybridized carbons (Fsp3) is 0.310. The number of amides is 2. The Morgan fingerprint density at radius 3 is 2.35 bits per heavy atom. The third-order valence-electron chi connectivity index (χ3n) is 7.10. The lowest BCUT2D eigenvalue weighted by atomic mass is 10.0. The van der Waals surface area contributed by atoms with E-state index in [1.165, 1.54) is 19.3 Å². The molecule has 0 atom stereocenters. The molecule has 2 N–H and O–H groups in total. The quantitative estimate of drug-likeness (QED) is 0.381. The summed E-state index contributed by atoms with van der Waals surface area (Å²) in [5.74, 6) is 1.17. The van der Waals surface area contributed by atoms with Crippen LogP contribution in [0.4, 0.5) is 11.6 Å². The van der Waals surface area contributed by atoms with Crippen LogP contribution in [0.1, 0.15) is 52.8 Å². The molecule has 1 saturated heterocycles. The van der Waals surface area contributed by atoms with Gasteiger partial charge in [0.1, 0.15) is 0 Å². The average molecular weight is 495 g/mol. The van der Waals surface area contributed by atoms with Crippen molar-refractivity contribution >= 4 is 29.1 Å². The standard InChI is InChI=1S/C29H30N6O2/c36-27(30-19-20-6-7-20)22-12-14-24(15-13-22)31-29-32-26-25(5-4-18-35(26)33-29)21-8-10-23(11-9-21)28(37)34-16-2-1-3-17-34/h4-5,8-15,18,20H,1-3,6-7,16-17,19H2,(H,30,36)(H,31,33). The molecular weight excluding hydrogens is 464 g/mol. The molecule has 0 bridgehead atoms. The zero-order valence-electron chi connectivity index (χ0n) is 20.7. The van der Waals surface area contributed by atoms with Gasteiger partial charge in [0.25, 0.3) is 11.8 Å². The van der Waals surface area contributed by atoms with Gasteiger partial charge in [-0.05, 0) is 92.1 Å². The molecule has 2 aliphatic rings. The number of hydrogen-bond donors (Lipinski definition) is 2. The van der Waals surface area contributed by atoms with Crippen LogP contribution in [0.5, 0.6) is 0 Å². The number of carbonyl (C=O) groups excluding carboxylic acids is 2. The number of nitrogens with one attached hydrogen (secondary N) is 2. The Labute approximate surface area is 215 Å². The molecule has 2 fully saturated rings. The molecule has 2 amide bonds. The first-order valence-electron chi connectivity index (χ1n) is 13.0. The first-order chi connectivity index (χ1) is 18.1. The largest absolute Gasteiger partial charge is 0.352 e. The van der Waals surface area contributed by atoms with Gasteiger partial charge in [-0.1, -0.05) is 12.1 Å². The molecule has 6 rings (SSSR count). The van der Waals surface area contributed by atoms with Gasteiger partial charge in [0.2, 0.25) is 5.95 Å². The Morgan fingerprint density at radius 1 is 0.892 bits per heavy atom. The fourth-order valence-electron chi connectivity index (χ4n) is 4.75. The van der Waals surface area contributed by atoms with Crippen molar-refractivity contribution < 1.29 is 9.59 Å². The van der Waals surface area contributed by atoms with E-state index in [0.29, 0.717) is 23.0 Å². The number of piperidine rings is 1. The van der Waals surface area contributed by atoms with Gasteiger partial charge in [0.05, 0.1) is 0 Å². The van der Waals surface area contributed by atoms with E-state index in [2.05, 4.69) is 15.7 Å². The highest BCUT2D eigenvalue weighted by atomic mass is 16.2. The second-order valence-electron chi connectivity index (χ2n) is 9.91. The van der Waals surface area contributed by atoms with Crippen LogP contribution < -0.4 is 10.6 Å². The highest BCUT2D eigenvalue weighted by Gasteiger charge is 2.22. The second-order valence-corrected chi connectivity index (χ2v) is 9.91. The lowest BCUT2D eigenvalue weighted by Gasteiger charge is -2.26. The van der Waals surface area contributed by atoms with E-state index in [4.69, 9.17) is 4.98 Å². The lowest BCUT2D eigenvalue weighted by Crippen LogP contribution is -2.35. The maximum absolute atomic E-state index is 12.8. The smallest absolute Gasteiger partial charge is 0.253 e. The molecule has 0 unspecified atom stereocenters. The number of pyridine rings is 1. The number of fused-ring (bicyclic) bond motifs is 1. The van der Waals surface area contributed by atoms with Crippen molar-refractivity contribution in [3.05, 3.63) is 78.0 Å². The Morgan fingerprint density at radius 2 is 1.62 bits per heavy atom. The summed E-state index contributed by atoms with van der Waals surface area (Å²) in [6.45, 7) is 2.43. The lowest BCUT2D eigenvalue weighted by molar-refractivity contribution is 0.0724. The minimum absolute atomic E-state index is 0.0439. The first kappa shape index (κ1) is 23.2. The number of rotatable bonds is 7.